The Morgan fingerprint density at radius 1 is 1.21 bits per heavy atom. The predicted octanol–water partition coefficient (Wildman–Crippen LogP) is 2.61. The minimum atomic E-state index is -0.901. The molecule has 0 heterocycles. The molecular weight excluding hydrogens is 244 g/mol. The molecule has 0 aliphatic rings. The average molecular weight is 272 g/mol. The lowest BCUT2D eigenvalue weighted by Gasteiger charge is -2.20. The van der Waals surface area contributed by atoms with Gasteiger partial charge in [0.1, 0.15) is 0 Å². The molecule has 0 bridgehead atoms. The van der Waals surface area contributed by atoms with Crippen molar-refractivity contribution in [2.24, 2.45) is 11.8 Å². The zero-order valence-electron chi connectivity index (χ0n) is 12.5. The summed E-state index contributed by atoms with van der Waals surface area (Å²) in [5.74, 6) is -0.993. The number of aliphatic carboxylic acids is 1. The van der Waals surface area contributed by atoms with Gasteiger partial charge in [0.25, 0.3) is 0 Å². The molecule has 0 spiro atoms. The second-order valence-corrected chi connectivity index (χ2v) is 5.19. The fraction of sp³-hybridized carbons (Fsp3) is 0.857. The summed E-state index contributed by atoms with van der Waals surface area (Å²) in [5.41, 5.74) is 0. The summed E-state index contributed by atoms with van der Waals surface area (Å²) in [6, 6.07) is -0.663. The van der Waals surface area contributed by atoms with E-state index < -0.39 is 11.9 Å². The summed E-state index contributed by atoms with van der Waals surface area (Å²) in [5, 5.41) is 14.3. The lowest BCUT2D eigenvalue weighted by molar-refractivity contribution is -0.141. The summed E-state index contributed by atoms with van der Waals surface area (Å²) in [6.45, 7) is 8.21. The van der Waals surface area contributed by atoms with E-state index in [1.54, 1.807) is 13.8 Å². The molecule has 0 fully saturated rings. The number of hydrogen-bond acceptors (Lipinski definition) is 2. The van der Waals surface area contributed by atoms with Crippen molar-refractivity contribution in [2.75, 3.05) is 6.54 Å². The number of urea groups is 1. The highest BCUT2D eigenvalue weighted by Crippen LogP contribution is 2.11. The molecule has 0 aliphatic carbocycles. The molecule has 3 unspecified atom stereocenters. The van der Waals surface area contributed by atoms with E-state index in [4.69, 9.17) is 5.11 Å². The first kappa shape index (κ1) is 17.7. The Balaban J connectivity index is 4.00. The van der Waals surface area contributed by atoms with Crippen LogP contribution in [0.1, 0.15) is 53.4 Å². The molecule has 0 radical (unpaired) electrons. The number of carbonyl (C=O) groups excluding carboxylic acids is 1. The molecule has 0 rings (SSSR count). The maximum atomic E-state index is 11.7. The van der Waals surface area contributed by atoms with E-state index in [-0.39, 0.29) is 12.1 Å². The van der Waals surface area contributed by atoms with E-state index in [1.165, 1.54) is 6.42 Å². The maximum absolute atomic E-state index is 11.7. The van der Waals surface area contributed by atoms with Crippen LogP contribution in [-0.4, -0.2) is 29.7 Å². The highest BCUT2D eigenvalue weighted by Gasteiger charge is 2.21. The number of amides is 2. The standard InChI is InChI=1S/C14H28N2O3/c1-5-7-8-12(6-2)9-15-14(19)16-11(4)10(3)13(17)18/h10-12H,5-9H2,1-4H3,(H,17,18)(H2,15,16,19). The third-order valence-corrected chi connectivity index (χ3v) is 3.59. The molecule has 19 heavy (non-hydrogen) atoms. The summed E-state index contributed by atoms with van der Waals surface area (Å²) in [6.07, 6.45) is 4.50. The van der Waals surface area contributed by atoms with E-state index in [0.29, 0.717) is 12.5 Å². The van der Waals surface area contributed by atoms with E-state index in [1.807, 2.05) is 0 Å². The second kappa shape index (κ2) is 9.64. The quantitative estimate of drug-likeness (QED) is 0.603. The number of nitrogens with one attached hydrogen (secondary N) is 2. The van der Waals surface area contributed by atoms with Crippen LogP contribution in [0.2, 0.25) is 0 Å². The molecule has 3 N–H and O–H groups in total. The van der Waals surface area contributed by atoms with Gasteiger partial charge in [-0.25, -0.2) is 4.79 Å². The average Bonchev–Trinajstić information content (AvgIpc) is 2.37. The molecule has 2 amide bonds. The van der Waals surface area contributed by atoms with Crippen molar-refractivity contribution in [3.63, 3.8) is 0 Å². The van der Waals surface area contributed by atoms with Gasteiger partial charge >= 0.3 is 12.0 Å². The first-order chi connectivity index (χ1) is 8.92. The van der Waals surface area contributed by atoms with Crippen LogP contribution >= 0.6 is 0 Å². The molecule has 5 heteroatoms. The van der Waals surface area contributed by atoms with E-state index in [2.05, 4.69) is 24.5 Å². The Bertz CT molecular complexity index is 282. The van der Waals surface area contributed by atoms with E-state index >= 15 is 0 Å². The van der Waals surface area contributed by atoms with Crippen molar-refractivity contribution in [2.45, 2.75) is 59.4 Å². The minimum absolute atomic E-state index is 0.282. The monoisotopic (exact) mass is 272 g/mol. The molecule has 0 aromatic carbocycles. The van der Waals surface area contributed by atoms with E-state index in [9.17, 15) is 9.59 Å². The lowest BCUT2D eigenvalue weighted by atomic mass is 9.99. The molecule has 5 nitrogen and oxygen atoms in total. The normalized spacial score (nSPS) is 15.4. The Hall–Kier alpha value is -1.26. The van der Waals surface area contributed by atoms with Crippen LogP contribution in [0.4, 0.5) is 4.79 Å². The molecule has 0 aliphatic heterocycles. The number of carboxylic acids is 1. The van der Waals surface area contributed by atoms with Crippen LogP contribution in [0, 0.1) is 11.8 Å². The van der Waals surface area contributed by atoms with Crippen LogP contribution in [0.5, 0.6) is 0 Å². The van der Waals surface area contributed by atoms with Crippen molar-refractivity contribution in [3.8, 4) is 0 Å². The molecule has 3 atom stereocenters. The number of hydrogen-bond donors (Lipinski definition) is 3. The first-order valence-electron chi connectivity index (χ1n) is 7.19. The van der Waals surface area contributed by atoms with Crippen molar-refractivity contribution in [1.82, 2.24) is 10.6 Å². The van der Waals surface area contributed by atoms with Gasteiger partial charge in [-0.3, -0.25) is 4.79 Å². The fourth-order valence-electron chi connectivity index (χ4n) is 1.78. The Morgan fingerprint density at radius 3 is 2.32 bits per heavy atom. The first-order valence-corrected chi connectivity index (χ1v) is 7.19. The Morgan fingerprint density at radius 2 is 1.84 bits per heavy atom. The van der Waals surface area contributed by atoms with Gasteiger partial charge in [-0.05, 0) is 26.2 Å². The van der Waals surface area contributed by atoms with Crippen LogP contribution in [0.15, 0.2) is 0 Å². The van der Waals surface area contributed by atoms with Gasteiger partial charge in [-0.1, -0.05) is 33.1 Å². The van der Waals surface area contributed by atoms with Gasteiger partial charge in [0.2, 0.25) is 0 Å². The van der Waals surface area contributed by atoms with Crippen molar-refractivity contribution < 1.29 is 14.7 Å². The molecule has 112 valence electrons. The summed E-state index contributed by atoms with van der Waals surface area (Å²) in [7, 11) is 0. The smallest absolute Gasteiger partial charge is 0.315 e. The fourth-order valence-corrected chi connectivity index (χ4v) is 1.78. The third-order valence-electron chi connectivity index (χ3n) is 3.59. The molecule has 0 saturated heterocycles. The van der Waals surface area contributed by atoms with Crippen molar-refractivity contribution in [3.05, 3.63) is 0 Å². The molecular formula is C14H28N2O3. The number of rotatable bonds is 9. The molecule has 0 saturated carbocycles. The topological polar surface area (TPSA) is 78.4 Å². The largest absolute Gasteiger partial charge is 0.481 e. The Labute approximate surface area is 116 Å². The predicted molar refractivity (Wildman–Crippen MR) is 76.1 cm³/mol. The van der Waals surface area contributed by atoms with Gasteiger partial charge in [0.15, 0.2) is 0 Å². The second-order valence-electron chi connectivity index (χ2n) is 5.19. The zero-order valence-corrected chi connectivity index (χ0v) is 12.5. The zero-order chi connectivity index (χ0) is 14.8. The van der Waals surface area contributed by atoms with Crippen LogP contribution in [0.25, 0.3) is 0 Å². The van der Waals surface area contributed by atoms with Crippen LogP contribution in [-0.2, 0) is 4.79 Å². The van der Waals surface area contributed by atoms with Gasteiger partial charge in [0.05, 0.1) is 5.92 Å². The lowest BCUT2D eigenvalue weighted by Crippen LogP contribution is -2.46. The SMILES string of the molecule is CCCCC(CC)CNC(=O)NC(C)C(C)C(=O)O. The highest BCUT2D eigenvalue weighted by atomic mass is 16.4. The highest BCUT2D eigenvalue weighted by molar-refractivity contribution is 5.76. The Kier molecular flexibility index (Phi) is 9.00. The van der Waals surface area contributed by atoms with Gasteiger partial charge in [-0.2, -0.15) is 0 Å². The van der Waals surface area contributed by atoms with Crippen LogP contribution in [0.3, 0.4) is 0 Å². The van der Waals surface area contributed by atoms with Gasteiger partial charge in [0, 0.05) is 12.6 Å². The number of carboxylic acid groups (broad SMARTS) is 1. The number of carbonyl (C=O) groups is 2. The third kappa shape index (κ3) is 7.70. The van der Waals surface area contributed by atoms with Crippen molar-refractivity contribution >= 4 is 12.0 Å². The summed E-state index contributed by atoms with van der Waals surface area (Å²) >= 11 is 0. The van der Waals surface area contributed by atoms with Crippen LogP contribution < -0.4 is 10.6 Å². The van der Waals surface area contributed by atoms with E-state index in [0.717, 1.165) is 19.3 Å². The molecule has 0 aromatic rings. The summed E-state index contributed by atoms with van der Waals surface area (Å²) < 4.78 is 0. The minimum Gasteiger partial charge on any atom is -0.481 e. The maximum Gasteiger partial charge on any atom is 0.315 e. The van der Waals surface area contributed by atoms with Gasteiger partial charge in [-0.15, -0.1) is 0 Å². The number of unbranched alkanes of at least 4 members (excludes halogenated alkanes) is 1. The summed E-state index contributed by atoms with van der Waals surface area (Å²) in [4.78, 5) is 22.4. The van der Waals surface area contributed by atoms with Crippen molar-refractivity contribution in [1.29, 1.82) is 0 Å². The molecule has 0 aromatic heterocycles. The van der Waals surface area contributed by atoms with Gasteiger partial charge < -0.3 is 15.7 Å².